The van der Waals surface area contributed by atoms with E-state index < -0.39 is 0 Å². The van der Waals surface area contributed by atoms with Crippen molar-refractivity contribution in [1.29, 1.82) is 0 Å². The number of amides is 1. The number of aryl methyl sites for hydroxylation is 1. The summed E-state index contributed by atoms with van der Waals surface area (Å²) >= 11 is 0. The fraction of sp³-hybridized carbons (Fsp3) is 0.300. The van der Waals surface area contributed by atoms with Crippen LogP contribution in [0.25, 0.3) is 0 Å². The minimum Gasteiger partial charge on any atom is -0.352 e. The van der Waals surface area contributed by atoms with Crippen LogP contribution in [0.3, 0.4) is 0 Å². The third kappa shape index (κ3) is 2.62. The number of nitrogens with one attached hydrogen (secondary N) is 1. The van der Waals surface area contributed by atoms with Crippen molar-refractivity contribution in [2.45, 2.75) is 13.8 Å². The lowest BCUT2D eigenvalue weighted by molar-refractivity contribution is 0.0956. The zero-order chi connectivity index (χ0) is 9.84. The van der Waals surface area contributed by atoms with Crippen molar-refractivity contribution in [1.82, 2.24) is 5.32 Å². The van der Waals surface area contributed by atoms with E-state index in [1.807, 2.05) is 33.8 Å². The largest absolute Gasteiger partial charge is 0.352 e. The van der Waals surface area contributed by atoms with Gasteiger partial charge in [-0.1, -0.05) is 23.2 Å². The Balaban J connectivity index is 2.94. The first kappa shape index (κ1) is 9.84. The van der Waals surface area contributed by atoms with E-state index in [-0.39, 0.29) is 5.91 Å². The fourth-order valence-electron chi connectivity index (χ4n) is 1.37. The highest BCUT2D eigenvalue weighted by atomic mass is 16.1. The Kier molecular flexibility index (Phi) is 3.12. The van der Waals surface area contributed by atoms with Gasteiger partial charge in [0, 0.05) is 12.1 Å². The molecule has 68 valence electrons. The molecular weight excluding hydrogens is 161 g/mol. The quantitative estimate of drug-likeness (QED) is 0.630. The predicted octanol–water partition coefficient (Wildman–Crippen LogP) is 0.00312. The highest BCUT2D eigenvalue weighted by molar-refractivity contribution is 6.32. The van der Waals surface area contributed by atoms with Crippen molar-refractivity contribution in [3.8, 4) is 0 Å². The molecule has 0 aromatic heterocycles. The third-order valence-corrected chi connectivity index (χ3v) is 1.82. The van der Waals surface area contributed by atoms with Gasteiger partial charge in [0.15, 0.2) is 0 Å². The summed E-state index contributed by atoms with van der Waals surface area (Å²) in [6.07, 6.45) is 0. The molecule has 0 heterocycles. The third-order valence-electron chi connectivity index (χ3n) is 1.82. The summed E-state index contributed by atoms with van der Waals surface area (Å²) in [7, 11) is 2.00. The maximum absolute atomic E-state index is 11.4. The minimum atomic E-state index is 0.00861. The van der Waals surface area contributed by atoms with Crippen LogP contribution < -0.4 is 10.8 Å². The molecule has 0 fully saturated rings. The van der Waals surface area contributed by atoms with Crippen molar-refractivity contribution in [2.24, 2.45) is 0 Å². The molecular formula is C10H14BNO. The molecule has 0 radical (unpaired) electrons. The van der Waals surface area contributed by atoms with Crippen LogP contribution in [0.4, 0.5) is 0 Å². The molecule has 1 aromatic carbocycles. The van der Waals surface area contributed by atoms with Gasteiger partial charge in [0.2, 0.25) is 0 Å². The first-order valence-corrected chi connectivity index (χ1v) is 4.50. The van der Waals surface area contributed by atoms with Gasteiger partial charge in [0.1, 0.15) is 7.85 Å². The first-order valence-electron chi connectivity index (χ1n) is 4.50. The average molecular weight is 175 g/mol. The normalized spacial score (nSPS) is 9.69. The summed E-state index contributed by atoms with van der Waals surface area (Å²) in [5, 5.41) is 2.78. The van der Waals surface area contributed by atoms with Gasteiger partial charge in [-0.25, -0.2) is 0 Å². The second kappa shape index (κ2) is 4.12. The number of benzene rings is 1. The van der Waals surface area contributed by atoms with Crippen molar-refractivity contribution in [2.75, 3.05) is 6.54 Å². The van der Waals surface area contributed by atoms with Crippen LogP contribution in [0.2, 0.25) is 0 Å². The zero-order valence-electron chi connectivity index (χ0n) is 8.35. The Morgan fingerprint density at radius 3 is 2.69 bits per heavy atom. The zero-order valence-corrected chi connectivity index (χ0v) is 8.35. The molecule has 0 aliphatic heterocycles. The Morgan fingerprint density at radius 1 is 1.46 bits per heavy atom. The molecule has 0 saturated carbocycles. The second-order valence-electron chi connectivity index (χ2n) is 3.24. The van der Waals surface area contributed by atoms with Crippen molar-refractivity contribution >= 4 is 19.2 Å². The number of carbonyl (C=O) groups is 1. The van der Waals surface area contributed by atoms with E-state index in [0.717, 1.165) is 16.6 Å². The van der Waals surface area contributed by atoms with Crippen molar-refractivity contribution < 1.29 is 4.79 Å². The topological polar surface area (TPSA) is 29.1 Å². The van der Waals surface area contributed by atoms with Crippen LogP contribution in [0, 0.1) is 6.92 Å². The molecule has 0 saturated heterocycles. The molecule has 2 nitrogen and oxygen atoms in total. The summed E-state index contributed by atoms with van der Waals surface area (Å²) < 4.78 is 0. The molecule has 13 heavy (non-hydrogen) atoms. The summed E-state index contributed by atoms with van der Waals surface area (Å²) in [5.74, 6) is 0.00861. The number of carbonyl (C=O) groups excluding carboxylic acids is 1. The van der Waals surface area contributed by atoms with E-state index in [4.69, 9.17) is 0 Å². The lowest BCUT2D eigenvalue weighted by Gasteiger charge is -2.04. The van der Waals surface area contributed by atoms with Gasteiger partial charge < -0.3 is 5.32 Å². The first-order chi connectivity index (χ1) is 6.13. The van der Waals surface area contributed by atoms with Gasteiger partial charge in [-0.05, 0) is 19.9 Å². The molecule has 0 unspecified atom stereocenters. The van der Waals surface area contributed by atoms with Crippen LogP contribution in [0.1, 0.15) is 22.8 Å². The van der Waals surface area contributed by atoms with Gasteiger partial charge in [-0.2, -0.15) is 0 Å². The van der Waals surface area contributed by atoms with Crippen LogP contribution in [-0.4, -0.2) is 20.3 Å². The second-order valence-corrected chi connectivity index (χ2v) is 3.24. The highest BCUT2D eigenvalue weighted by Gasteiger charge is 2.03. The van der Waals surface area contributed by atoms with Crippen LogP contribution in [-0.2, 0) is 0 Å². The smallest absolute Gasteiger partial charge is 0.251 e. The van der Waals surface area contributed by atoms with Crippen LogP contribution >= 0.6 is 0 Å². The van der Waals surface area contributed by atoms with E-state index in [0.29, 0.717) is 6.54 Å². The Morgan fingerprint density at radius 2 is 2.15 bits per heavy atom. The summed E-state index contributed by atoms with van der Waals surface area (Å²) in [4.78, 5) is 11.4. The summed E-state index contributed by atoms with van der Waals surface area (Å²) in [6, 6.07) is 5.86. The van der Waals surface area contributed by atoms with Gasteiger partial charge in [-0.3, -0.25) is 4.79 Å². The molecule has 1 N–H and O–H groups in total. The van der Waals surface area contributed by atoms with Gasteiger partial charge in [0.25, 0.3) is 5.91 Å². The van der Waals surface area contributed by atoms with Gasteiger partial charge in [0.05, 0.1) is 0 Å². The fourth-order valence-corrected chi connectivity index (χ4v) is 1.37. The van der Waals surface area contributed by atoms with Crippen LogP contribution in [0.15, 0.2) is 18.2 Å². The van der Waals surface area contributed by atoms with Crippen LogP contribution in [0.5, 0.6) is 0 Å². The number of rotatable bonds is 2. The standard InChI is InChI=1S/C10H14BNO/c1-3-12-10(13)8-4-7(2)5-9(11)6-8/h4-6H,3,11H2,1-2H3,(H,12,13). The van der Waals surface area contributed by atoms with Crippen molar-refractivity contribution in [3.05, 3.63) is 29.3 Å². The molecule has 0 spiro atoms. The maximum atomic E-state index is 11.4. The molecule has 3 heteroatoms. The van der Waals surface area contributed by atoms with E-state index in [9.17, 15) is 4.79 Å². The molecule has 1 amide bonds. The summed E-state index contributed by atoms with van der Waals surface area (Å²) in [5.41, 5.74) is 3.00. The maximum Gasteiger partial charge on any atom is 0.251 e. The molecule has 1 rings (SSSR count). The Hall–Kier alpha value is -1.25. The molecule has 0 aliphatic carbocycles. The number of hydrogen-bond donors (Lipinski definition) is 1. The minimum absolute atomic E-state index is 0.00861. The van der Waals surface area contributed by atoms with E-state index in [1.165, 1.54) is 0 Å². The highest BCUT2D eigenvalue weighted by Crippen LogP contribution is 2.01. The van der Waals surface area contributed by atoms with E-state index in [2.05, 4.69) is 11.4 Å². The number of hydrogen-bond acceptors (Lipinski definition) is 1. The predicted molar refractivity (Wildman–Crippen MR) is 57.4 cm³/mol. The molecule has 1 aromatic rings. The lowest BCUT2D eigenvalue weighted by Crippen LogP contribution is -2.24. The lowest BCUT2D eigenvalue weighted by atomic mass is 9.92. The Labute approximate surface area is 79.8 Å². The van der Waals surface area contributed by atoms with Gasteiger partial charge >= 0.3 is 0 Å². The Bertz CT molecular complexity index is 302. The van der Waals surface area contributed by atoms with Gasteiger partial charge in [-0.15, -0.1) is 0 Å². The van der Waals surface area contributed by atoms with Crippen molar-refractivity contribution in [3.63, 3.8) is 0 Å². The molecule has 0 atom stereocenters. The average Bonchev–Trinajstić information content (AvgIpc) is 2.03. The monoisotopic (exact) mass is 175 g/mol. The SMILES string of the molecule is Bc1cc(C)cc(C(=O)NCC)c1. The molecule has 0 aliphatic rings. The van der Waals surface area contributed by atoms with E-state index in [1.54, 1.807) is 0 Å². The summed E-state index contributed by atoms with van der Waals surface area (Å²) in [6.45, 7) is 4.59. The molecule has 0 bridgehead atoms. The van der Waals surface area contributed by atoms with E-state index >= 15 is 0 Å².